The fourth-order valence-electron chi connectivity index (χ4n) is 2.65. The number of anilines is 2. The maximum atomic E-state index is 12.6. The predicted octanol–water partition coefficient (Wildman–Crippen LogP) is 3.19. The Balaban J connectivity index is 1.88. The topological polar surface area (TPSA) is 79.4 Å². The second-order valence-electron chi connectivity index (χ2n) is 6.74. The van der Waals surface area contributed by atoms with E-state index in [4.69, 9.17) is 4.74 Å². The molecule has 0 fully saturated rings. The molecule has 0 spiro atoms. The lowest BCUT2D eigenvalue weighted by molar-refractivity contribution is 0.0946. The number of benzene rings is 2. The van der Waals surface area contributed by atoms with Gasteiger partial charge in [-0.3, -0.25) is 4.79 Å². The molecule has 0 saturated carbocycles. The molecular formula is C22H25N5O2. The first-order valence-corrected chi connectivity index (χ1v) is 9.33. The molecule has 29 heavy (non-hydrogen) atoms. The average Bonchev–Trinajstić information content (AvgIpc) is 2.74. The van der Waals surface area contributed by atoms with Gasteiger partial charge in [-0.1, -0.05) is 30.3 Å². The SMILES string of the molecule is COc1ccc(Nc2cc(C(=O)NCCN(C)C)nc(-c3ccccc3)n2)cc1. The van der Waals surface area contributed by atoms with Gasteiger partial charge in [0.2, 0.25) is 0 Å². The molecule has 150 valence electrons. The molecule has 1 heterocycles. The van der Waals surface area contributed by atoms with E-state index in [1.165, 1.54) is 0 Å². The van der Waals surface area contributed by atoms with Gasteiger partial charge in [-0.2, -0.15) is 0 Å². The normalized spacial score (nSPS) is 10.6. The van der Waals surface area contributed by atoms with E-state index in [0.29, 0.717) is 23.9 Å². The van der Waals surface area contributed by atoms with Crippen LogP contribution in [0.1, 0.15) is 10.5 Å². The van der Waals surface area contributed by atoms with Crippen molar-refractivity contribution in [2.75, 3.05) is 39.6 Å². The Labute approximate surface area is 170 Å². The molecule has 2 aromatic carbocycles. The van der Waals surface area contributed by atoms with Crippen molar-refractivity contribution in [2.24, 2.45) is 0 Å². The van der Waals surface area contributed by atoms with E-state index < -0.39 is 0 Å². The van der Waals surface area contributed by atoms with E-state index in [9.17, 15) is 4.79 Å². The van der Waals surface area contributed by atoms with Crippen LogP contribution in [0.15, 0.2) is 60.7 Å². The summed E-state index contributed by atoms with van der Waals surface area (Å²) in [7, 11) is 5.54. The fourth-order valence-corrected chi connectivity index (χ4v) is 2.65. The zero-order valence-electron chi connectivity index (χ0n) is 16.8. The van der Waals surface area contributed by atoms with Crippen molar-refractivity contribution in [2.45, 2.75) is 0 Å². The summed E-state index contributed by atoms with van der Waals surface area (Å²) >= 11 is 0. The minimum Gasteiger partial charge on any atom is -0.497 e. The van der Waals surface area contributed by atoms with Crippen LogP contribution in [-0.2, 0) is 0 Å². The molecule has 0 saturated heterocycles. The third-order valence-corrected chi connectivity index (χ3v) is 4.20. The summed E-state index contributed by atoms with van der Waals surface area (Å²) in [5.41, 5.74) is 1.99. The third-order valence-electron chi connectivity index (χ3n) is 4.20. The number of amides is 1. The summed E-state index contributed by atoms with van der Waals surface area (Å²) in [6, 6.07) is 18.7. The predicted molar refractivity (Wildman–Crippen MR) is 115 cm³/mol. The first-order valence-electron chi connectivity index (χ1n) is 9.33. The summed E-state index contributed by atoms with van der Waals surface area (Å²) in [6.07, 6.45) is 0. The number of nitrogens with zero attached hydrogens (tertiary/aromatic N) is 3. The Kier molecular flexibility index (Phi) is 6.76. The lowest BCUT2D eigenvalue weighted by atomic mass is 10.2. The smallest absolute Gasteiger partial charge is 0.270 e. The molecule has 0 radical (unpaired) electrons. The van der Waals surface area contributed by atoms with Gasteiger partial charge in [0.25, 0.3) is 5.91 Å². The Morgan fingerprint density at radius 3 is 2.41 bits per heavy atom. The number of ether oxygens (including phenoxy) is 1. The van der Waals surface area contributed by atoms with Gasteiger partial charge >= 0.3 is 0 Å². The van der Waals surface area contributed by atoms with Crippen molar-refractivity contribution in [3.05, 3.63) is 66.4 Å². The second-order valence-corrected chi connectivity index (χ2v) is 6.74. The van der Waals surface area contributed by atoms with E-state index >= 15 is 0 Å². The molecule has 0 aliphatic rings. The zero-order valence-corrected chi connectivity index (χ0v) is 16.8. The van der Waals surface area contributed by atoms with Crippen LogP contribution in [0.25, 0.3) is 11.4 Å². The molecule has 0 aliphatic carbocycles. The molecule has 3 aromatic rings. The largest absolute Gasteiger partial charge is 0.497 e. The van der Waals surface area contributed by atoms with Crippen LogP contribution in [0.2, 0.25) is 0 Å². The molecule has 3 rings (SSSR count). The van der Waals surface area contributed by atoms with Gasteiger partial charge in [-0.25, -0.2) is 9.97 Å². The number of hydrogen-bond acceptors (Lipinski definition) is 6. The number of methoxy groups -OCH3 is 1. The summed E-state index contributed by atoms with van der Waals surface area (Å²) in [6.45, 7) is 1.29. The van der Waals surface area contributed by atoms with E-state index in [-0.39, 0.29) is 5.91 Å². The molecule has 0 unspecified atom stereocenters. The molecule has 7 nitrogen and oxygen atoms in total. The molecular weight excluding hydrogens is 366 g/mol. The third kappa shape index (κ3) is 5.76. The maximum absolute atomic E-state index is 12.6. The first kappa shape index (κ1) is 20.3. The van der Waals surface area contributed by atoms with Crippen molar-refractivity contribution in [3.63, 3.8) is 0 Å². The highest BCUT2D eigenvalue weighted by atomic mass is 16.5. The van der Waals surface area contributed by atoms with Crippen LogP contribution in [-0.4, -0.2) is 55.1 Å². The van der Waals surface area contributed by atoms with Crippen LogP contribution >= 0.6 is 0 Å². The Bertz CT molecular complexity index is 943. The summed E-state index contributed by atoms with van der Waals surface area (Å²) in [5.74, 6) is 1.57. The summed E-state index contributed by atoms with van der Waals surface area (Å²) in [4.78, 5) is 23.7. The molecule has 0 bridgehead atoms. The van der Waals surface area contributed by atoms with Crippen LogP contribution in [0.3, 0.4) is 0 Å². The van der Waals surface area contributed by atoms with Gasteiger partial charge in [-0.15, -0.1) is 0 Å². The van der Waals surface area contributed by atoms with Gasteiger partial charge in [0.15, 0.2) is 5.82 Å². The number of likely N-dealkylation sites (N-methyl/N-ethyl adjacent to an activating group) is 1. The van der Waals surface area contributed by atoms with Crippen molar-refractivity contribution in [1.29, 1.82) is 0 Å². The molecule has 2 N–H and O–H groups in total. The standard InChI is InChI=1S/C22H25N5O2/c1-27(2)14-13-23-22(28)19-15-20(24-17-9-11-18(29-3)12-10-17)26-21(25-19)16-7-5-4-6-8-16/h4-12,15H,13-14H2,1-3H3,(H,23,28)(H,24,25,26). The van der Waals surface area contributed by atoms with Crippen LogP contribution in [0, 0.1) is 0 Å². The molecule has 1 amide bonds. The number of carbonyl (C=O) groups excluding carboxylic acids is 1. The monoisotopic (exact) mass is 391 g/mol. The Morgan fingerprint density at radius 1 is 1.03 bits per heavy atom. The maximum Gasteiger partial charge on any atom is 0.270 e. The van der Waals surface area contributed by atoms with Crippen molar-refractivity contribution in [3.8, 4) is 17.1 Å². The Hall–Kier alpha value is -3.45. The highest BCUT2D eigenvalue weighted by Gasteiger charge is 2.13. The highest BCUT2D eigenvalue weighted by Crippen LogP contribution is 2.22. The molecule has 1 aromatic heterocycles. The molecule has 7 heteroatoms. The number of rotatable bonds is 8. The minimum absolute atomic E-state index is 0.232. The fraction of sp³-hybridized carbons (Fsp3) is 0.227. The van der Waals surface area contributed by atoms with E-state index in [1.54, 1.807) is 13.2 Å². The molecule has 0 aliphatic heterocycles. The summed E-state index contributed by atoms with van der Waals surface area (Å²) < 4.78 is 5.19. The average molecular weight is 391 g/mol. The van der Waals surface area contributed by atoms with Crippen LogP contribution in [0.4, 0.5) is 11.5 Å². The highest BCUT2D eigenvalue weighted by molar-refractivity contribution is 5.93. The van der Waals surface area contributed by atoms with E-state index in [1.807, 2.05) is 73.6 Å². The first-order chi connectivity index (χ1) is 14.0. The number of nitrogens with one attached hydrogen (secondary N) is 2. The zero-order chi connectivity index (χ0) is 20.6. The van der Waals surface area contributed by atoms with Gasteiger partial charge < -0.3 is 20.3 Å². The van der Waals surface area contributed by atoms with Gasteiger partial charge in [-0.05, 0) is 38.4 Å². The molecule has 0 atom stereocenters. The minimum atomic E-state index is -0.232. The van der Waals surface area contributed by atoms with Gasteiger partial charge in [0, 0.05) is 30.4 Å². The van der Waals surface area contributed by atoms with Crippen molar-refractivity contribution < 1.29 is 9.53 Å². The number of aromatic nitrogens is 2. The lowest BCUT2D eigenvalue weighted by Crippen LogP contribution is -2.32. The quantitative estimate of drug-likeness (QED) is 0.614. The van der Waals surface area contributed by atoms with Crippen LogP contribution < -0.4 is 15.4 Å². The Morgan fingerprint density at radius 2 is 1.76 bits per heavy atom. The second kappa shape index (κ2) is 9.66. The van der Waals surface area contributed by atoms with Crippen molar-refractivity contribution in [1.82, 2.24) is 20.2 Å². The van der Waals surface area contributed by atoms with E-state index in [2.05, 4.69) is 20.6 Å². The number of hydrogen-bond donors (Lipinski definition) is 2. The lowest BCUT2D eigenvalue weighted by Gasteiger charge is -2.12. The summed E-state index contributed by atoms with van der Waals surface area (Å²) in [5, 5.41) is 6.14. The van der Waals surface area contributed by atoms with Crippen LogP contribution in [0.5, 0.6) is 5.75 Å². The van der Waals surface area contributed by atoms with Gasteiger partial charge in [0.05, 0.1) is 7.11 Å². The van der Waals surface area contributed by atoms with Gasteiger partial charge in [0.1, 0.15) is 17.3 Å². The van der Waals surface area contributed by atoms with E-state index in [0.717, 1.165) is 23.5 Å². The number of carbonyl (C=O) groups is 1. The van der Waals surface area contributed by atoms with Crippen molar-refractivity contribution >= 4 is 17.4 Å².